The van der Waals surface area contributed by atoms with Gasteiger partial charge in [0.05, 0.1) is 0 Å². The third-order valence-electron chi connectivity index (χ3n) is 3.32. The summed E-state index contributed by atoms with van der Waals surface area (Å²) in [5.41, 5.74) is -2.26. The number of halogens is 3. The number of thiophene rings is 1. The fraction of sp³-hybridized carbons (Fsp3) is 0.667. The summed E-state index contributed by atoms with van der Waals surface area (Å²) in [5, 5.41) is 3.11. The molecule has 2 rings (SSSR count). The molecule has 0 aliphatic heterocycles. The highest BCUT2D eigenvalue weighted by Gasteiger charge is 2.65. The SMILES string of the molecule is CCNCCc1ccc(S(=O)(=O)NC2(C(F)(F)F)CC2)s1. The predicted octanol–water partition coefficient (Wildman–Crippen LogP) is 2.27. The monoisotopic (exact) mass is 342 g/mol. The van der Waals surface area contributed by atoms with Crippen molar-refractivity contribution in [2.45, 2.75) is 42.1 Å². The molecule has 1 aliphatic rings. The van der Waals surface area contributed by atoms with E-state index in [4.69, 9.17) is 0 Å². The molecule has 0 amide bonds. The summed E-state index contributed by atoms with van der Waals surface area (Å²) in [6.45, 7) is 3.48. The fourth-order valence-corrected chi connectivity index (χ4v) is 4.70. The van der Waals surface area contributed by atoms with Crippen molar-refractivity contribution < 1.29 is 21.6 Å². The van der Waals surface area contributed by atoms with Crippen LogP contribution < -0.4 is 10.0 Å². The second-order valence-electron chi connectivity index (χ2n) is 5.01. The Morgan fingerprint density at radius 1 is 1.33 bits per heavy atom. The standard InChI is InChI=1S/C12H17F3N2O2S2/c1-2-16-8-5-9-3-4-10(20-9)21(18,19)17-11(6-7-11)12(13,14)15/h3-4,16-17H,2,5-8H2,1H3. The zero-order chi connectivity index (χ0) is 15.7. The summed E-state index contributed by atoms with van der Waals surface area (Å²) in [7, 11) is -4.12. The van der Waals surface area contributed by atoms with E-state index in [1.165, 1.54) is 6.07 Å². The van der Waals surface area contributed by atoms with E-state index >= 15 is 0 Å². The van der Waals surface area contributed by atoms with Gasteiger partial charge in [-0.2, -0.15) is 17.9 Å². The largest absolute Gasteiger partial charge is 0.407 e. The van der Waals surface area contributed by atoms with Crippen LogP contribution in [-0.2, 0) is 16.4 Å². The topological polar surface area (TPSA) is 58.2 Å². The number of likely N-dealkylation sites (N-methyl/N-ethyl adjacent to an activating group) is 1. The first kappa shape index (κ1) is 16.7. The Hall–Kier alpha value is -0.640. The van der Waals surface area contributed by atoms with Crippen molar-refractivity contribution >= 4 is 21.4 Å². The molecule has 120 valence electrons. The minimum absolute atomic E-state index is 0.0653. The van der Waals surface area contributed by atoms with Gasteiger partial charge < -0.3 is 5.32 Å². The predicted molar refractivity (Wildman–Crippen MR) is 74.9 cm³/mol. The molecule has 0 spiro atoms. The molecule has 1 heterocycles. The maximum atomic E-state index is 12.8. The van der Waals surface area contributed by atoms with Crippen LogP contribution in [0.15, 0.2) is 16.3 Å². The first-order valence-corrected chi connectivity index (χ1v) is 8.90. The third-order valence-corrected chi connectivity index (χ3v) is 6.50. The van der Waals surface area contributed by atoms with Crippen molar-refractivity contribution in [3.8, 4) is 0 Å². The van der Waals surface area contributed by atoms with E-state index in [9.17, 15) is 21.6 Å². The Morgan fingerprint density at radius 3 is 2.52 bits per heavy atom. The number of hydrogen-bond donors (Lipinski definition) is 2. The molecule has 1 aromatic heterocycles. The Labute approximate surface area is 125 Å². The van der Waals surface area contributed by atoms with Crippen LogP contribution in [0.1, 0.15) is 24.6 Å². The summed E-state index contributed by atoms with van der Waals surface area (Å²) >= 11 is 1.01. The third kappa shape index (κ3) is 3.77. The molecule has 4 nitrogen and oxygen atoms in total. The average molecular weight is 342 g/mol. The molecular formula is C12H17F3N2O2S2. The number of rotatable bonds is 7. The van der Waals surface area contributed by atoms with Gasteiger partial charge in [-0.1, -0.05) is 6.92 Å². The summed E-state index contributed by atoms with van der Waals surface area (Å²) < 4.78 is 64.3. The van der Waals surface area contributed by atoms with Gasteiger partial charge >= 0.3 is 6.18 Å². The number of nitrogens with one attached hydrogen (secondary N) is 2. The lowest BCUT2D eigenvalue weighted by molar-refractivity contribution is -0.160. The molecule has 0 radical (unpaired) electrons. The van der Waals surface area contributed by atoms with Crippen molar-refractivity contribution in [3.63, 3.8) is 0 Å². The molecule has 21 heavy (non-hydrogen) atoms. The van der Waals surface area contributed by atoms with Crippen LogP contribution in [0.25, 0.3) is 0 Å². The van der Waals surface area contributed by atoms with Gasteiger partial charge in [0.2, 0.25) is 0 Å². The van der Waals surface area contributed by atoms with Crippen LogP contribution in [0.2, 0.25) is 0 Å². The fourth-order valence-electron chi connectivity index (χ4n) is 1.90. The first-order valence-electron chi connectivity index (χ1n) is 6.60. The Balaban J connectivity index is 2.07. The number of hydrogen-bond acceptors (Lipinski definition) is 4. The molecule has 0 saturated heterocycles. The van der Waals surface area contributed by atoms with Crippen LogP contribution in [0, 0.1) is 0 Å². The molecule has 0 unspecified atom stereocenters. The van der Waals surface area contributed by atoms with Gasteiger partial charge in [0.25, 0.3) is 10.0 Å². The highest BCUT2D eigenvalue weighted by atomic mass is 32.2. The summed E-state index contributed by atoms with van der Waals surface area (Å²) in [6, 6.07) is 3.00. The molecule has 1 saturated carbocycles. The molecule has 0 aromatic carbocycles. The lowest BCUT2D eigenvalue weighted by atomic mass is 10.3. The molecule has 9 heteroatoms. The molecule has 1 aliphatic carbocycles. The minimum atomic E-state index is -4.55. The van der Waals surface area contributed by atoms with Crippen LogP contribution in [0.5, 0.6) is 0 Å². The summed E-state index contributed by atoms with van der Waals surface area (Å²) in [6.07, 6.45) is -4.30. The molecule has 1 fully saturated rings. The molecular weight excluding hydrogens is 325 g/mol. The zero-order valence-electron chi connectivity index (χ0n) is 11.5. The Kier molecular flexibility index (Phi) is 4.67. The van der Waals surface area contributed by atoms with E-state index < -0.39 is 21.7 Å². The second-order valence-corrected chi connectivity index (χ2v) is 8.09. The second kappa shape index (κ2) is 5.86. The van der Waals surface area contributed by atoms with Crippen molar-refractivity contribution in [1.29, 1.82) is 0 Å². The van der Waals surface area contributed by atoms with Gasteiger partial charge in [0.1, 0.15) is 9.75 Å². The number of sulfonamides is 1. The number of alkyl halides is 3. The van der Waals surface area contributed by atoms with Crippen LogP contribution in [0.4, 0.5) is 13.2 Å². The maximum absolute atomic E-state index is 12.8. The highest BCUT2D eigenvalue weighted by Crippen LogP contribution is 2.49. The van der Waals surface area contributed by atoms with Crippen LogP contribution in [0.3, 0.4) is 0 Å². The molecule has 0 bridgehead atoms. The van der Waals surface area contributed by atoms with Gasteiger partial charge in [-0.3, -0.25) is 0 Å². The lowest BCUT2D eigenvalue weighted by Crippen LogP contribution is -2.47. The van der Waals surface area contributed by atoms with Gasteiger partial charge in [-0.15, -0.1) is 11.3 Å². The quantitative estimate of drug-likeness (QED) is 0.748. The average Bonchev–Trinajstić information content (AvgIpc) is 2.99. The van der Waals surface area contributed by atoms with Crippen molar-refractivity contribution in [2.75, 3.05) is 13.1 Å². The molecule has 0 atom stereocenters. The van der Waals surface area contributed by atoms with Crippen molar-refractivity contribution in [2.24, 2.45) is 0 Å². The van der Waals surface area contributed by atoms with Crippen LogP contribution in [-0.4, -0.2) is 33.2 Å². The molecule has 1 aromatic rings. The minimum Gasteiger partial charge on any atom is -0.317 e. The maximum Gasteiger partial charge on any atom is 0.407 e. The van der Waals surface area contributed by atoms with Gasteiger partial charge in [0.15, 0.2) is 0 Å². The first-order chi connectivity index (χ1) is 9.70. The Morgan fingerprint density at radius 2 is 2.00 bits per heavy atom. The molecule has 2 N–H and O–H groups in total. The lowest BCUT2D eigenvalue weighted by Gasteiger charge is -2.19. The van der Waals surface area contributed by atoms with E-state index in [1.807, 2.05) is 11.6 Å². The van der Waals surface area contributed by atoms with Crippen LogP contribution >= 0.6 is 11.3 Å². The smallest absolute Gasteiger partial charge is 0.317 e. The van der Waals surface area contributed by atoms with E-state index in [0.29, 0.717) is 13.0 Å². The summed E-state index contributed by atoms with van der Waals surface area (Å²) in [5.74, 6) is 0. The van der Waals surface area contributed by atoms with Crippen molar-refractivity contribution in [3.05, 3.63) is 17.0 Å². The Bertz CT molecular complexity index is 592. The summed E-state index contributed by atoms with van der Waals surface area (Å²) in [4.78, 5) is 0.827. The van der Waals surface area contributed by atoms with E-state index in [1.54, 1.807) is 6.07 Å². The van der Waals surface area contributed by atoms with Gasteiger partial charge in [-0.25, -0.2) is 8.42 Å². The zero-order valence-corrected chi connectivity index (χ0v) is 13.1. The van der Waals surface area contributed by atoms with Gasteiger partial charge in [-0.05, 0) is 44.5 Å². The van der Waals surface area contributed by atoms with Gasteiger partial charge in [0, 0.05) is 4.88 Å². The highest BCUT2D eigenvalue weighted by molar-refractivity contribution is 7.91. The van der Waals surface area contributed by atoms with E-state index in [0.717, 1.165) is 22.8 Å². The van der Waals surface area contributed by atoms with E-state index in [2.05, 4.69) is 5.32 Å². The van der Waals surface area contributed by atoms with E-state index in [-0.39, 0.29) is 17.1 Å². The normalized spacial score (nSPS) is 17.9. The van der Waals surface area contributed by atoms with Crippen molar-refractivity contribution in [1.82, 2.24) is 10.0 Å².